The van der Waals surface area contributed by atoms with Crippen LogP contribution in [0.3, 0.4) is 0 Å². The van der Waals surface area contributed by atoms with Crippen molar-refractivity contribution in [2.45, 2.75) is 26.4 Å². The van der Waals surface area contributed by atoms with Crippen molar-refractivity contribution in [3.8, 4) is 0 Å². The van der Waals surface area contributed by atoms with Crippen LogP contribution in [-0.2, 0) is 19.5 Å². The van der Waals surface area contributed by atoms with E-state index in [4.69, 9.17) is 4.42 Å². The first-order valence-electron chi connectivity index (χ1n) is 9.29. The highest BCUT2D eigenvalue weighted by atomic mass is 16.3. The number of furan rings is 1. The van der Waals surface area contributed by atoms with E-state index in [-0.39, 0.29) is 0 Å². The number of hydrogen-bond donors (Lipinski definition) is 0. The van der Waals surface area contributed by atoms with Crippen molar-refractivity contribution < 1.29 is 4.42 Å². The van der Waals surface area contributed by atoms with Crippen molar-refractivity contribution >= 4 is 5.95 Å². The van der Waals surface area contributed by atoms with Gasteiger partial charge in [-0.3, -0.25) is 9.47 Å². The Balaban J connectivity index is 1.42. The number of rotatable bonds is 6. The van der Waals surface area contributed by atoms with Crippen LogP contribution in [0.5, 0.6) is 0 Å². The van der Waals surface area contributed by atoms with E-state index in [0.717, 1.165) is 63.2 Å². The van der Waals surface area contributed by atoms with Gasteiger partial charge in [-0.1, -0.05) is 30.3 Å². The van der Waals surface area contributed by atoms with Crippen LogP contribution >= 0.6 is 0 Å². The average molecular weight is 351 g/mol. The molecule has 1 aromatic carbocycles. The minimum atomic E-state index is 0.820. The lowest BCUT2D eigenvalue weighted by molar-refractivity contribution is 0.229. The van der Waals surface area contributed by atoms with Crippen LogP contribution in [0.15, 0.2) is 53.1 Å². The molecule has 2 aromatic heterocycles. The molecule has 0 bridgehead atoms. The van der Waals surface area contributed by atoms with E-state index >= 15 is 0 Å². The van der Waals surface area contributed by atoms with Crippen molar-refractivity contribution in [3.05, 3.63) is 65.9 Å². The lowest BCUT2D eigenvalue weighted by Gasteiger charge is -2.34. The van der Waals surface area contributed by atoms with Crippen LogP contribution < -0.4 is 4.90 Å². The Morgan fingerprint density at radius 2 is 1.77 bits per heavy atom. The van der Waals surface area contributed by atoms with Gasteiger partial charge in [-0.2, -0.15) is 0 Å². The fraction of sp³-hybridized carbons (Fsp3) is 0.400. The molecule has 3 aromatic rings. The fourth-order valence-electron chi connectivity index (χ4n) is 3.52. The molecule has 3 heterocycles. The minimum absolute atomic E-state index is 0.820. The summed E-state index contributed by atoms with van der Waals surface area (Å²) in [6.07, 6.45) is 2.56. The van der Waals surface area contributed by atoms with E-state index in [0.29, 0.717) is 0 Å². The van der Waals surface area contributed by atoms with Crippen molar-refractivity contribution in [2.75, 3.05) is 31.1 Å². The third kappa shape index (κ3) is 3.65. The number of hydrogen-bond acceptors (Lipinski definition) is 5. The number of nitrogens with zero attached hydrogens (tertiary/aromatic N) is 5. The van der Waals surface area contributed by atoms with Gasteiger partial charge in [-0.25, -0.2) is 0 Å². The molecule has 0 spiro atoms. The summed E-state index contributed by atoms with van der Waals surface area (Å²) in [5.74, 6) is 3.06. The summed E-state index contributed by atoms with van der Waals surface area (Å²) in [4.78, 5) is 4.77. The fourth-order valence-corrected chi connectivity index (χ4v) is 3.52. The van der Waals surface area contributed by atoms with Crippen molar-refractivity contribution in [1.29, 1.82) is 0 Å². The minimum Gasteiger partial charge on any atom is -0.468 e. The monoisotopic (exact) mass is 351 g/mol. The predicted molar refractivity (Wildman–Crippen MR) is 101 cm³/mol. The lowest BCUT2D eigenvalue weighted by atomic mass is 10.1. The second-order valence-corrected chi connectivity index (χ2v) is 6.67. The van der Waals surface area contributed by atoms with E-state index in [1.54, 1.807) is 6.26 Å². The van der Waals surface area contributed by atoms with E-state index in [1.807, 2.05) is 18.2 Å². The molecule has 0 unspecified atom stereocenters. The van der Waals surface area contributed by atoms with Crippen LogP contribution in [0, 0.1) is 0 Å². The molecule has 0 radical (unpaired) electrons. The van der Waals surface area contributed by atoms with Gasteiger partial charge in [-0.05, 0) is 24.6 Å². The number of benzene rings is 1. The molecular formula is C20H25N5O. The molecule has 6 heteroatoms. The molecule has 1 aliphatic heterocycles. The van der Waals surface area contributed by atoms with Gasteiger partial charge in [0, 0.05) is 39.1 Å². The molecule has 136 valence electrons. The van der Waals surface area contributed by atoms with Crippen LogP contribution in [0.1, 0.15) is 24.1 Å². The van der Waals surface area contributed by atoms with Gasteiger partial charge in [0.15, 0.2) is 0 Å². The Labute approximate surface area is 154 Å². The Morgan fingerprint density at radius 1 is 0.962 bits per heavy atom. The van der Waals surface area contributed by atoms with Gasteiger partial charge >= 0.3 is 0 Å². The molecule has 26 heavy (non-hydrogen) atoms. The van der Waals surface area contributed by atoms with Crippen molar-refractivity contribution in [1.82, 2.24) is 19.7 Å². The molecule has 6 nitrogen and oxygen atoms in total. The van der Waals surface area contributed by atoms with Gasteiger partial charge < -0.3 is 9.32 Å². The molecule has 4 rings (SSSR count). The zero-order valence-corrected chi connectivity index (χ0v) is 15.2. The highest BCUT2D eigenvalue weighted by Gasteiger charge is 2.23. The number of anilines is 1. The van der Waals surface area contributed by atoms with Gasteiger partial charge in [-0.15, -0.1) is 10.2 Å². The smallest absolute Gasteiger partial charge is 0.227 e. The van der Waals surface area contributed by atoms with E-state index < -0.39 is 0 Å². The lowest BCUT2D eigenvalue weighted by Crippen LogP contribution is -2.46. The quantitative estimate of drug-likeness (QED) is 0.683. The summed E-state index contributed by atoms with van der Waals surface area (Å²) >= 11 is 0. The summed E-state index contributed by atoms with van der Waals surface area (Å²) in [5, 5.41) is 8.99. The second kappa shape index (κ2) is 7.74. The molecule has 1 aliphatic rings. The molecule has 1 fully saturated rings. The number of piperazine rings is 1. The Bertz CT molecular complexity index is 804. The molecule has 1 saturated heterocycles. The maximum atomic E-state index is 5.46. The third-order valence-corrected chi connectivity index (χ3v) is 4.94. The summed E-state index contributed by atoms with van der Waals surface area (Å²) in [5.41, 5.74) is 1.27. The first-order chi connectivity index (χ1) is 12.8. The van der Waals surface area contributed by atoms with Gasteiger partial charge in [0.2, 0.25) is 5.95 Å². The topological polar surface area (TPSA) is 50.3 Å². The van der Waals surface area contributed by atoms with Crippen LogP contribution in [0.4, 0.5) is 5.95 Å². The van der Waals surface area contributed by atoms with Crippen LogP contribution in [0.25, 0.3) is 0 Å². The zero-order chi connectivity index (χ0) is 17.8. The van der Waals surface area contributed by atoms with Crippen LogP contribution in [-0.4, -0.2) is 45.8 Å². The van der Waals surface area contributed by atoms with E-state index in [1.165, 1.54) is 5.56 Å². The second-order valence-electron chi connectivity index (χ2n) is 6.67. The molecular weight excluding hydrogens is 326 g/mol. The molecule has 0 atom stereocenters. The first kappa shape index (κ1) is 16.8. The normalized spacial score (nSPS) is 15.5. The molecule has 0 saturated carbocycles. The predicted octanol–water partition coefficient (Wildman–Crippen LogP) is 2.80. The molecule has 0 amide bonds. The van der Waals surface area contributed by atoms with Crippen molar-refractivity contribution in [3.63, 3.8) is 0 Å². The largest absolute Gasteiger partial charge is 0.468 e. The van der Waals surface area contributed by atoms with Crippen molar-refractivity contribution in [2.24, 2.45) is 0 Å². The summed E-state index contributed by atoms with van der Waals surface area (Å²) in [7, 11) is 0. The van der Waals surface area contributed by atoms with E-state index in [2.05, 4.69) is 55.8 Å². The third-order valence-electron chi connectivity index (χ3n) is 4.94. The maximum absolute atomic E-state index is 5.46. The zero-order valence-electron chi connectivity index (χ0n) is 15.2. The average Bonchev–Trinajstić information content (AvgIpc) is 3.33. The Hall–Kier alpha value is -2.60. The highest BCUT2D eigenvalue weighted by Crippen LogP contribution is 2.19. The SMILES string of the molecule is CCn1c(Cc2ccccc2)nnc1N1CCN(Cc2ccco2)CC1. The number of aromatic nitrogens is 3. The molecule has 0 N–H and O–H groups in total. The summed E-state index contributed by atoms with van der Waals surface area (Å²) < 4.78 is 7.71. The summed E-state index contributed by atoms with van der Waals surface area (Å²) in [6.45, 7) is 7.86. The maximum Gasteiger partial charge on any atom is 0.227 e. The van der Waals surface area contributed by atoms with Crippen LogP contribution in [0.2, 0.25) is 0 Å². The summed E-state index contributed by atoms with van der Waals surface area (Å²) in [6, 6.07) is 14.5. The molecule has 0 aliphatic carbocycles. The first-order valence-corrected chi connectivity index (χ1v) is 9.29. The Kier molecular flexibility index (Phi) is 5.02. The standard InChI is InChI=1S/C20H25N5O/c1-2-25-19(15-17-7-4-3-5-8-17)21-22-20(25)24-12-10-23(11-13-24)16-18-9-6-14-26-18/h3-9,14H,2,10-13,15-16H2,1H3. The van der Waals surface area contributed by atoms with Gasteiger partial charge in [0.25, 0.3) is 0 Å². The van der Waals surface area contributed by atoms with Gasteiger partial charge in [0.1, 0.15) is 11.6 Å². The highest BCUT2D eigenvalue weighted by molar-refractivity contribution is 5.33. The van der Waals surface area contributed by atoms with E-state index in [9.17, 15) is 0 Å². The Morgan fingerprint density at radius 3 is 2.46 bits per heavy atom. The van der Waals surface area contributed by atoms with Gasteiger partial charge in [0.05, 0.1) is 12.8 Å².